The van der Waals surface area contributed by atoms with Crippen molar-refractivity contribution in [3.8, 4) is 11.8 Å². The fourth-order valence-electron chi connectivity index (χ4n) is 2.52. The van der Waals surface area contributed by atoms with Crippen molar-refractivity contribution >= 4 is 5.91 Å². The topological polar surface area (TPSA) is 62.1 Å². The smallest absolute Gasteiger partial charge is 0.251 e. The summed E-state index contributed by atoms with van der Waals surface area (Å²) in [5.41, 5.74) is 2.98. The number of amides is 1. The van der Waals surface area contributed by atoms with Gasteiger partial charge >= 0.3 is 0 Å². The summed E-state index contributed by atoms with van der Waals surface area (Å²) in [5.74, 6) is 0.432. The van der Waals surface area contributed by atoms with Crippen LogP contribution in [-0.4, -0.2) is 5.91 Å². The normalized spacial score (nSPS) is 9.96. The molecule has 0 aliphatic rings. The maximum absolute atomic E-state index is 12.3. The fourth-order valence-corrected chi connectivity index (χ4v) is 2.52. The van der Waals surface area contributed by atoms with E-state index in [1.54, 1.807) is 30.3 Å². The SMILES string of the molecule is N#Cc1ccccc1COc1cccc(C(=O)NCc2ccccc2)c1. The predicted octanol–water partition coefficient (Wildman–Crippen LogP) is 4.07. The van der Waals surface area contributed by atoms with Crippen molar-refractivity contribution in [2.45, 2.75) is 13.2 Å². The number of nitriles is 1. The monoisotopic (exact) mass is 342 g/mol. The van der Waals surface area contributed by atoms with E-state index in [4.69, 9.17) is 10.00 Å². The van der Waals surface area contributed by atoms with Crippen LogP contribution in [0.15, 0.2) is 78.9 Å². The lowest BCUT2D eigenvalue weighted by atomic mass is 10.1. The average Bonchev–Trinajstić information content (AvgIpc) is 2.71. The summed E-state index contributed by atoms with van der Waals surface area (Å²) in [6.07, 6.45) is 0. The largest absolute Gasteiger partial charge is 0.489 e. The second kappa shape index (κ2) is 8.50. The van der Waals surface area contributed by atoms with Gasteiger partial charge in [-0.3, -0.25) is 4.79 Å². The van der Waals surface area contributed by atoms with Crippen molar-refractivity contribution in [3.63, 3.8) is 0 Å². The molecule has 3 rings (SSSR count). The molecule has 0 radical (unpaired) electrons. The number of benzene rings is 3. The van der Waals surface area contributed by atoms with Gasteiger partial charge in [0, 0.05) is 17.7 Å². The molecule has 4 heteroatoms. The van der Waals surface area contributed by atoms with E-state index in [9.17, 15) is 4.79 Å². The molecule has 0 aliphatic carbocycles. The van der Waals surface area contributed by atoms with E-state index in [1.165, 1.54) is 0 Å². The molecule has 4 nitrogen and oxygen atoms in total. The minimum atomic E-state index is -0.156. The fraction of sp³-hybridized carbons (Fsp3) is 0.0909. The molecule has 3 aromatic carbocycles. The second-order valence-electron chi connectivity index (χ2n) is 5.75. The van der Waals surface area contributed by atoms with Crippen molar-refractivity contribution in [2.75, 3.05) is 0 Å². The van der Waals surface area contributed by atoms with Gasteiger partial charge in [-0.1, -0.05) is 54.6 Å². The maximum Gasteiger partial charge on any atom is 0.251 e. The van der Waals surface area contributed by atoms with Crippen molar-refractivity contribution in [1.82, 2.24) is 5.32 Å². The summed E-state index contributed by atoms with van der Waals surface area (Å²) in [5, 5.41) is 12.0. The average molecular weight is 342 g/mol. The lowest BCUT2D eigenvalue weighted by molar-refractivity contribution is 0.0950. The van der Waals surface area contributed by atoms with E-state index in [2.05, 4.69) is 11.4 Å². The van der Waals surface area contributed by atoms with Crippen LogP contribution in [-0.2, 0) is 13.2 Å². The van der Waals surface area contributed by atoms with Gasteiger partial charge in [-0.2, -0.15) is 5.26 Å². The Kier molecular flexibility index (Phi) is 5.64. The van der Waals surface area contributed by atoms with Gasteiger partial charge in [0.15, 0.2) is 0 Å². The van der Waals surface area contributed by atoms with E-state index in [1.807, 2.05) is 48.5 Å². The Morgan fingerprint density at radius 1 is 0.962 bits per heavy atom. The Labute approximate surface area is 152 Å². The molecule has 0 aromatic heterocycles. The van der Waals surface area contributed by atoms with Crippen LogP contribution in [0.3, 0.4) is 0 Å². The minimum Gasteiger partial charge on any atom is -0.489 e. The summed E-state index contributed by atoms with van der Waals surface area (Å²) in [7, 11) is 0. The van der Waals surface area contributed by atoms with Crippen molar-refractivity contribution in [2.24, 2.45) is 0 Å². The van der Waals surface area contributed by atoms with Crippen molar-refractivity contribution < 1.29 is 9.53 Å². The summed E-state index contributed by atoms with van der Waals surface area (Å²) in [6.45, 7) is 0.749. The Bertz CT molecular complexity index is 930. The first-order valence-corrected chi connectivity index (χ1v) is 8.29. The number of carbonyl (C=O) groups is 1. The van der Waals surface area contributed by atoms with Crippen LogP contribution in [0.1, 0.15) is 27.0 Å². The lowest BCUT2D eigenvalue weighted by Crippen LogP contribution is -2.22. The van der Waals surface area contributed by atoms with E-state index < -0.39 is 0 Å². The number of rotatable bonds is 6. The van der Waals surface area contributed by atoms with Crippen LogP contribution < -0.4 is 10.1 Å². The summed E-state index contributed by atoms with van der Waals surface area (Å²) in [4.78, 5) is 12.3. The molecule has 26 heavy (non-hydrogen) atoms. The van der Waals surface area contributed by atoms with Gasteiger partial charge in [-0.25, -0.2) is 0 Å². The third-order valence-electron chi connectivity index (χ3n) is 3.92. The Morgan fingerprint density at radius 2 is 1.73 bits per heavy atom. The Balaban J connectivity index is 1.62. The molecule has 128 valence electrons. The van der Waals surface area contributed by atoms with Crippen LogP contribution in [0.4, 0.5) is 0 Å². The van der Waals surface area contributed by atoms with Gasteiger partial charge in [0.1, 0.15) is 12.4 Å². The molecule has 0 spiro atoms. The first-order chi connectivity index (χ1) is 12.8. The van der Waals surface area contributed by atoms with Gasteiger partial charge in [0.05, 0.1) is 11.6 Å². The van der Waals surface area contributed by atoms with E-state index in [0.29, 0.717) is 23.4 Å². The molecule has 0 heterocycles. The number of ether oxygens (including phenoxy) is 1. The zero-order valence-electron chi connectivity index (χ0n) is 14.2. The van der Waals surface area contributed by atoms with E-state index >= 15 is 0 Å². The predicted molar refractivity (Wildman–Crippen MR) is 99.5 cm³/mol. The molecule has 0 aliphatic heterocycles. The molecule has 3 aromatic rings. The first-order valence-electron chi connectivity index (χ1n) is 8.29. The molecule has 0 saturated carbocycles. The second-order valence-corrected chi connectivity index (χ2v) is 5.75. The molecule has 0 bridgehead atoms. The molecule has 1 amide bonds. The van der Waals surface area contributed by atoms with Crippen LogP contribution in [0, 0.1) is 11.3 Å². The highest BCUT2D eigenvalue weighted by Gasteiger charge is 2.07. The van der Waals surface area contributed by atoms with Gasteiger partial charge in [-0.15, -0.1) is 0 Å². The maximum atomic E-state index is 12.3. The van der Waals surface area contributed by atoms with Gasteiger partial charge < -0.3 is 10.1 Å². The quantitative estimate of drug-likeness (QED) is 0.734. The number of carbonyl (C=O) groups excluding carboxylic acids is 1. The van der Waals surface area contributed by atoms with E-state index in [0.717, 1.165) is 11.1 Å². The Hall–Kier alpha value is -3.58. The molecular formula is C22H18N2O2. The molecular weight excluding hydrogens is 324 g/mol. The summed E-state index contributed by atoms with van der Waals surface area (Å²) in [6, 6.07) is 26.2. The third kappa shape index (κ3) is 4.49. The van der Waals surface area contributed by atoms with Crippen LogP contribution >= 0.6 is 0 Å². The van der Waals surface area contributed by atoms with Gasteiger partial charge in [0.25, 0.3) is 5.91 Å². The van der Waals surface area contributed by atoms with Crippen LogP contribution in [0.5, 0.6) is 5.75 Å². The standard InChI is InChI=1S/C22H18N2O2/c23-14-19-9-4-5-10-20(19)16-26-21-12-6-11-18(13-21)22(25)24-15-17-7-2-1-3-8-17/h1-13H,15-16H2,(H,24,25). The van der Waals surface area contributed by atoms with Crippen molar-refractivity contribution in [3.05, 3.63) is 101 Å². The number of nitrogens with one attached hydrogen (secondary N) is 1. The van der Waals surface area contributed by atoms with Crippen LogP contribution in [0.25, 0.3) is 0 Å². The molecule has 0 fully saturated rings. The van der Waals surface area contributed by atoms with E-state index in [-0.39, 0.29) is 12.5 Å². The van der Waals surface area contributed by atoms with Crippen molar-refractivity contribution in [1.29, 1.82) is 5.26 Å². The number of hydrogen-bond acceptors (Lipinski definition) is 3. The first kappa shape index (κ1) is 17.2. The molecule has 1 N–H and O–H groups in total. The van der Waals surface area contributed by atoms with Gasteiger partial charge in [-0.05, 0) is 29.8 Å². The number of hydrogen-bond donors (Lipinski definition) is 1. The highest BCUT2D eigenvalue weighted by Crippen LogP contribution is 2.17. The Morgan fingerprint density at radius 3 is 2.54 bits per heavy atom. The highest BCUT2D eigenvalue weighted by atomic mass is 16.5. The highest BCUT2D eigenvalue weighted by molar-refractivity contribution is 5.94. The summed E-state index contributed by atoms with van der Waals surface area (Å²) < 4.78 is 5.76. The van der Waals surface area contributed by atoms with Gasteiger partial charge in [0.2, 0.25) is 0 Å². The summed E-state index contributed by atoms with van der Waals surface area (Å²) >= 11 is 0. The zero-order valence-corrected chi connectivity index (χ0v) is 14.2. The molecule has 0 unspecified atom stereocenters. The minimum absolute atomic E-state index is 0.156. The molecule has 0 atom stereocenters. The van der Waals surface area contributed by atoms with Crippen LogP contribution in [0.2, 0.25) is 0 Å². The lowest BCUT2D eigenvalue weighted by Gasteiger charge is -2.10. The number of nitrogens with zero attached hydrogens (tertiary/aromatic N) is 1. The zero-order chi connectivity index (χ0) is 18.2. The molecule has 0 saturated heterocycles. The third-order valence-corrected chi connectivity index (χ3v) is 3.92.